The van der Waals surface area contributed by atoms with Gasteiger partial charge in [-0.2, -0.15) is 5.10 Å². The highest BCUT2D eigenvalue weighted by molar-refractivity contribution is 5.97. The van der Waals surface area contributed by atoms with Crippen LogP contribution in [0.1, 0.15) is 39.4 Å². The van der Waals surface area contributed by atoms with Crippen molar-refractivity contribution < 1.29 is 14.3 Å². The number of hydrogen-bond acceptors (Lipinski definition) is 4. The van der Waals surface area contributed by atoms with Crippen molar-refractivity contribution in [3.63, 3.8) is 0 Å². The molecule has 2 aliphatic heterocycles. The number of nitrogens with zero attached hydrogens (tertiary/aromatic N) is 4. The SMILES string of the molecule is O=C(c1cc2n(n1)CCCC2)N1CCN(C(=O)c2ccccc2Oc2ccccc2)CC1. The predicted molar refractivity (Wildman–Crippen MR) is 120 cm³/mol. The first-order valence-electron chi connectivity index (χ1n) is 11.2. The van der Waals surface area contributed by atoms with Gasteiger partial charge in [0.25, 0.3) is 11.8 Å². The molecule has 164 valence electrons. The summed E-state index contributed by atoms with van der Waals surface area (Å²) < 4.78 is 7.91. The second-order valence-corrected chi connectivity index (χ2v) is 8.20. The molecule has 7 heteroatoms. The standard InChI is InChI=1S/C25H26N4O3/c30-24(21-11-4-5-12-23(21)32-20-9-2-1-3-10-20)27-14-16-28(17-15-27)25(31)22-18-19-8-6-7-13-29(19)26-22/h1-5,9-12,18H,6-8,13-17H2. The lowest BCUT2D eigenvalue weighted by Gasteiger charge is -2.34. The van der Waals surface area contributed by atoms with Gasteiger partial charge in [0.1, 0.15) is 11.5 Å². The zero-order valence-corrected chi connectivity index (χ0v) is 17.9. The summed E-state index contributed by atoms with van der Waals surface area (Å²) in [4.78, 5) is 29.7. The molecule has 0 radical (unpaired) electrons. The van der Waals surface area contributed by atoms with E-state index in [2.05, 4.69) is 5.10 Å². The smallest absolute Gasteiger partial charge is 0.274 e. The van der Waals surface area contributed by atoms with Gasteiger partial charge in [-0.1, -0.05) is 30.3 Å². The molecule has 0 unspecified atom stereocenters. The third-order valence-electron chi connectivity index (χ3n) is 6.08. The maximum Gasteiger partial charge on any atom is 0.274 e. The summed E-state index contributed by atoms with van der Waals surface area (Å²) in [6.07, 6.45) is 3.24. The van der Waals surface area contributed by atoms with Gasteiger partial charge >= 0.3 is 0 Å². The average Bonchev–Trinajstić information content (AvgIpc) is 3.29. The summed E-state index contributed by atoms with van der Waals surface area (Å²) in [5.41, 5.74) is 2.18. The Hall–Kier alpha value is -3.61. The molecule has 0 saturated carbocycles. The Morgan fingerprint density at radius 2 is 1.47 bits per heavy atom. The molecule has 0 N–H and O–H groups in total. The molecule has 1 fully saturated rings. The van der Waals surface area contributed by atoms with Gasteiger partial charge in [-0.3, -0.25) is 14.3 Å². The van der Waals surface area contributed by atoms with Crippen molar-refractivity contribution in [1.82, 2.24) is 19.6 Å². The van der Waals surface area contributed by atoms with Gasteiger partial charge in [-0.05, 0) is 49.6 Å². The number of fused-ring (bicyclic) bond motifs is 1. The number of amides is 2. The molecule has 2 amide bonds. The van der Waals surface area contributed by atoms with E-state index in [1.807, 2.05) is 53.2 Å². The maximum atomic E-state index is 13.2. The van der Waals surface area contributed by atoms with Crippen LogP contribution >= 0.6 is 0 Å². The second-order valence-electron chi connectivity index (χ2n) is 8.20. The van der Waals surface area contributed by atoms with Gasteiger partial charge in [0.05, 0.1) is 5.56 Å². The van der Waals surface area contributed by atoms with Gasteiger partial charge in [0.2, 0.25) is 0 Å². The van der Waals surface area contributed by atoms with Gasteiger partial charge in [-0.15, -0.1) is 0 Å². The topological polar surface area (TPSA) is 67.7 Å². The van der Waals surface area contributed by atoms with Crippen LogP contribution in [0.5, 0.6) is 11.5 Å². The fraction of sp³-hybridized carbons (Fsp3) is 0.320. The number of piperazine rings is 1. The van der Waals surface area contributed by atoms with E-state index < -0.39 is 0 Å². The Bertz CT molecular complexity index is 1090. The van der Waals surface area contributed by atoms with E-state index in [0.29, 0.717) is 48.9 Å². The molecule has 1 aromatic heterocycles. The summed E-state index contributed by atoms with van der Waals surface area (Å²) >= 11 is 0. The minimum absolute atomic E-state index is 0.0492. The molecule has 5 rings (SSSR count). The van der Waals surface area contributed by atoms with Gasteiger partial charge in [-0.25, -0.2) is 0 Å². The first-order valence-corrected chi connectivity index (χ1v) is 11.2. The molecular formula is C25H26N4O3. The van der Waals surface area contributed by atoms with E-state index in [-0.39, 0.29) is 11.8 Å². The quantitative estimate of drug-likeness (QED) is 0.634. The number of carbonyl (C=O) groups excluding carboxylic acids is 2. The molecular weight excluding hydrogens is 404 g/mol. The molecule has 3 aromatic rings. The van der Waals surface area contributed by atoms with Crippen LogP contribution in [-0.2, 0) is 13.0 Å². The van der Waals surface area contributed by atoms with E-state index >= 15 is 0 Å². The van der Waals surface area contributed by atoms with Crippen molar-refractivity contribution >= 4 is 11.8 Å². The van der Waals surface area contributed by atoms with Crippen LogP contribution in [0.3, 0.4) is 0 Å². The minimum Gasteiger partial charge on any atom is -0.457 e. The largest absolute Gasteiger partial charge is 0.457 e. The highest BCUT2D eigenvalue weighted by Crippen LogP contribution is 2.26. The molecule has 7 nitrogen and oxygen atoms in total. The number of ether oxygens (including phenoxy) is 1. The van der Waals surface area contributed by atoms with Crippen molar-refractivity contribution in [3.8, 4) is 11.5 Å². The lowest BCUT2D eigenvalue weighted by molar-refractivity contribution is 0.0530. The molecule has 32 heavy (non-hydrogen) atoms. The summed E-state index contributed by atoms with van der Waals surface area (Å²) in [5, 5.41) is 4.51. The highest BCUT2D eigenvalue weighted by Gasteiger charge is 2.28. The first-order chi connectivity index (χ1) is 15.7. The number of carbonyl (C=O) groups is 2. The predicted octanol–water partition coefficient (Wildman–Crippen LogP) is 3.61. The van der Waals surface area contributed by atoms with Crippen LogP contribution in [0.25, 0.3) is 0 Å². The Morgan fingerprint density at radius 1 is 0.781 bits per heavy atom. The third-order valence-corrected chi connectivity index (χ3v) is 6.08. The zero-order chi connectivity index (χ0) is 21.9. The van der Waals surface area contributed by atoms with Crippen molar-refractivity contribution in [3.05, 3.63) is 77.6 Å². The molecule has 0 bridgehead atoms. The van der Waals surface area contributed by atoms with Crippen LogP contribution in [-0.4, -0.2) is 57.6 Å². The number of rotatable bonds is 4. The molecule has 2 aliphatic rings. The monoisotopic (exact) mass is 430 g/mol. The lowest BCUT2D eigenvalue weighted by atomic mass is 10.1. The summed E-state index contributed by atoms with van der Waals surface area (Å²) in [7, 11) is 0. The fourth-order valence-electron chi connectivity index (χ4n) is 4.32. The summed E-state index contributed by atoms with van der Waals surface area (Å²) in [5.74, 6) is 1.09. The molecule has 0 atom stereocenters. The fourth-order valence-corrected chi connectivity index (χ4v) is 4.32. The Morgan fingerprint density at radius 3 is 2.22 bits per heavy atom. The number of benzene rings is 2. The Balaban J connectivity index is 1.24. The van der Waals surface area contributed by atoms with E-state index in [4.69, 9.17) is 4.74 Å². The van der Waals surface area contributed by atoms with E-state index in [1.165, 1.54) is 0 Å². The number of aryl methyl sites for hydroxylation is 2. The summed E-state index contributed by atoms with van der Waals surface area (Å²) in [6, 6.07) is 18.6. The average molecular weight is 431 g/mol. The first kappa shape index (κ1) is 20.3. The van der Waals surface area contributed by atoms with Crippen molar-refractivity contribution in [2.75, 3.05) is 26.2 Å². The normalized spacial score (nSPS) is 15.9. The molecule has 1 saturated heterocycles. The van der Waals surface area contributed by atoms with Crippen LogP contribution in [0.15, 0.2) is 60.7 Å². The molecule has 0 aliphatic carbocycles. The molecule has 0 spiro atoms. The summed E-state index contributed by atoms with van der Waals surface area (Å²) in [6.45, 7) is 2.84. The maximum absolute atomic E-state index is 13.2. The van der Waals surface area contributed by atoms with Gasteiger partial charge in [0.15, 0.2) is 5.69 Å². The van der Waals surface area contributed by atoms with Crippen LogP contribution in [0.4, 0.5) is 0 Å². The van der Waals surface area contributed by atoms with Crippen molar-refractivity contribution in [2.24, 2.45) is 0 Å². The number of hydrogen-bond donors (Lipinski definition) is 0. The van der Waals surface area contributed by atoms with Gasteiger partial charge in [0, 0.05) is 38.4 Å². The Kier molecular flexibility index (Phi) is 5.62. The minimum atomic E-state index is -0.0823. The molecule has 2 aromatic carbocycles. The van der Waals surface area contributed by atoms with E-state index in [9.17, 15) is 9.59 Å². The van der Waals surface area contributed by atoms with E-state index in [1.54, 1.807) is 21.9 Å². The van der Waals surface area contributed by atoms with Crippen LogP contribution < -0.4 is 4.74 Å². The van der Waals surface area contributed by atoms with Crippen molar-refractivity contribution in [1.29, 1.82) is 0 Å². The second kappa shape index (κ2) is 8.86. The zero-order valence-electron chi connectivity index (χ0n) is 17.9. The van der Waals surface area contributed by atoms with Crippen molar-refractivity contribution in [2.45, 2.75) is 25.8 Å². The number of aromatic nitrogens is 2. The third kappa shape index (κ3) is 4.10. The van der Waals surface area contributed by atoms with Crippen LogP contribution in [0.2, 0.25) is 0 Å². The van der Waals surface area contributed by atoms with E-state index in [0.717, 1.165) is 31.5 Å². The lowest BCUT2D eigenvalue weighted by Crippen LogP contribution is -2.50. The molecule has 3 heterocycles. The highest BCUT2D eigenvalue weighted by atomic mass is 16.5. The number of para-hydroxylation sites is 2. The Labute approximate surface area is 187 Å². The van der Waals surface area contributed by atoms with Gasteiger partial charge < -0.3 is 14.5 Å². The van der Waals surface area contributed by atoms with Crippen LogP contribution in [0, 0.1) is 0 Å².